The Labute approximate surface area is 183 Å². The van der Waals surface area contributed by atoms with Crippen molar-refractivity contribution in [2.45, 2.75) is 12.5 Å². The largest absolute Gasteiger partial charge is 0.497 e. The summed E-state index contributed by atoms with van der Waals surface area (Å²) in [7, 11) is 4.94. The lowest BCUT2D eigenvalue weighted by Crippen LogP contribution is -2.43. The number of nitrogens with one attached hydrogen (secondary N) is 1. The number of aromatic amines is 1. The van der Waals surface area contributed by atoms with Crippen molar-refractivity contribution in [2.24, 2.45) is 7.05 Å². The van der Waals surface area contributed by atoms with E-state index in [1.54, 1.807) is 31.4 Å². The van der Waals surface area contributed by atoms with Crippen LogP contribution >= 0.6 is 0 Å². The van der Waals surface area contributed by atoms with E-state index in [4.69, 9.17) is 4.74 Å². The number of hydrogen-bond donors (Lipinski definition) is 2. The average Bonchev–Trinajstić information content (AvgIpc) is 3.18. The van der Waals surface area contributed by atoms with Gasteiger partial charge in [0.1, 0.15) is 11.3 Å². The number of aromatic nitrogens is 3. The Balaban J connectivity index is 1.78. The zero-order chi connectivity index (χ0) is 22.6. The van der Waals surface area contributed by atoms with Crippen molar-refractivity contribution in [3.8, 4) is 17.3 Å². The maximum atomic E-state index is 13.7. The van der Waals surface area contributed by atoms with Gasteiger partial charge in [-0.1, -0.05) is 18.2 Å². The van der Waals surface area contributed by atoms with Crippen molar-refractivity contribution >= 4 is 10.9 Å². The number of fused-ring (bicyclic) bond motifs is 3. The van der Waals surface area contributed by atoms with Crippen LogP contribution in [0, 0.1) is 0 Å². The van der Waals surface area contributed by atoms with Crippen LogP contribution in [0.1, 0.15) is 22.9 Å². The molecule has 0 saturated carbocycles. The third kappa shape index (κ3) is 2.87. The van der Waals surface area contributed by atoms with Crippen LogP contribution in [0.4, 0.5) is 0 Å². The summed E-state index contributed by atoms with van der Waals surface area (Å²) in [6, 6.07) is 14.2. The van der Waals surface area contributed by atoms with Gasteiger partial charge in [0.05, 0.1) is 18.8 Å². The highest BCUT2D eigenvalue weighted by atomic mass is 16.5. The summed E-state index contributed by atoms with van der Waals surface area (Å²) < 4.78 is 7.40. The van der Waals surface area contributed by atoms with Crippen molar-refractivity contribution in [2.75, 3.05) is 20.7 Å². The predicted octanol–water partition coefficient (Wildman–Crippen LogP) is 2.31. The van der Waals surface area contributed by atoms with Gasteiger partial charge in [0.25, 0.3) is 5.56 Å². The van der Waals surface area contributed by atoms with Gasteiger partial charge in [-0.15, -0.1) is 0 Å². The van der Waals surface area contributed by atoms with Crippen LogP contribution in [0.25, 0.3) is 16.6 Å². The fourth-order valence-electron chi connectivity index (χ4n) is 4.65. The molecule has 32 heavy (non-hydrogen) atoms. The number of ether oxygens (including phenoxy) is 1. The molecule has 1 atom stereocenters. The molecule has 0 unspecified atom stereocenters. The molecule has 2 aromatic carbocycles. The minimum absolute atomic E-state index is 0.165. The number of benzene rings is 2. The van der Waals surface area contributed by atoms with Crippen LogP contribution in [-0.2, 0) is 13.5 Å². The molecule has 164 valence electrons. The Morgan fingerprint density at radius 2 is 1.78 bits per heavy atom. The van der Waals surface area contributed by atoms with E-state index >= 15 is 0 Å². The van der Waals surface area contributed by atoms with Gasteiger partial charge in [0.15, 0.2) is 0 Å². The van der Waals surface area contributed by atoms with Gasteiger partial charge in [-0.05, 0) is 49.4 Å². The van der Waals surface area contributed by atoms with Crippen molar-refractivity contribution in [1.82, 2.24) is 19.0 Å². The second kappa shape index (κ2) is 7.42. The molecule has 1 aliphatic rings. The smallest absolute Gasteiger partial charge is 0.338 e. The van der Waals surface area contributed by atoms with E-state index in [0.29, 0.717) is 18.0 Å². The number of likely N-dealkylation sites (N-methyl/N-ethyl adjacent to an activating group) is 1. The number of aromatic hydroxyl groups is 1. The summed E-state index contributed by atoms with van der Waals surface area (Å²) in [5, 5.41) is 12.1. The molecule has 0 fully saturated rings. The van der Waals surface area contributed by atoms with Crippen LogP contribution in [0.2, 0.25) is 0 Å². The third-order valence-corrected chi connectivity index (χ3v) is 6.35. The second-order valence-corrected chi connectivity index (χ2v) is 8.11. The molecule has 8 heteroatoms. The fourth-order valence-corrected chi connectivity index (χ4v) is 4.65. The van der Waals surface area contributed by atoms with Gasteiger partial charge >= 0.3 is 5.69 Å². The molecule has 4 aromatic rings. The van der Waals surface area contributed by atoms with Crippen molar-refractivity contribution in [3.05, 3.63) is 86.2 Å². The summed E-state index contributed by atoms with van der Waals surface area (Å²) in [5.74, 6) is 0.292. The van der Waals surface area contributed by atoms with E-state index in [9.17, 15) is 14.7 Å². The summed E-state index contributed by atoms with van der Waals surface area (Å²) in [4.78, 5) is 32.2. The summed E-state index contributed by atoms with van der Waals surface area (Å²) in [6.07, 6.45) is 0.825. The quantitative estimate of drug-likeness (QED) is 0.518. The first kappa shape index (κ1) is 20.1. The third-order valence-electron chi connectivity index (χ3n) is 6.35. The summed E-state index contributed by atoms with van der Waals surface area (Å²) in [5.41, 5.74) is 2.40. The van der Waals surface area contributed by atoms with Gasteiger partial charge in [-0.2, -0.15) is 0 Å². The van der Waals surface area contributed by atoms with E-state index in [1.165, 1.54) is 7.05 Å². The highest BCUT2D eigenvalue weighted by Gasteiger charge is 2.35. The van der Waals surface area contributed by atoms with E-state index in [0.717, 1.165) is 37.7 Å². The van der Waals surface area contributed by atoms with Crippen LogP contribution in [0.3, 0.4) is 0 Å². The van der Waals surface area contributed by atoms with Gasteiger partial charge in [-0.25, -0.2) is 9.36 Å². The lowest BCUT2D eigenvalue weighted by atomic mass is 9.93. The van der Waals surface area contributed by atoms with Crippen LogP contribution in [0.15, 0.2) is 58.1 Å². The van der Waals surface area contributed by atoms with Crippen LogP contribution in [0.5, 0.6) is 11.6 Å². The Kier molecular flexibility index (Phi) is 4.67. The highest BCUT2D eigenvalue weighted by Crippen LogP contribution is 2.38. The van der Waals surface area contributed by atoms with Gasteiger partial charge in [0.2, 0.25) is 5.88 Å². The zero-order valence-electron chi connectivity index (χ0n) is 18.1. The summed E-state index contributed by atoms with van der Waals surface area (Å²) >= 11 is 0. The SMILES string of the molecule is COc1ccc(-n2c(=O)c([C@@H]3c4[nH]c5ccccc5c4CCN3C)c(O)n(C)c2=O)cc1. The van der Waals surface area contributed by atoms with E-state index in [1.807, 2.05) is 30.1 Å². The Hall–Kier alpha value is -3.78. The predicted molar refractivity (Wildman–Crippen MR) is 122 cm³/mol. The number of nitrogens with zero attached hydrogens (tertiary/aromatic N) is 3. The highest BCUT2D eigenvalue weighted by molar-refractivity contribution is 5.85. The summed E-state index contributed by atoms with van der Waals surface area (Å²) in [6.45, 7) is 0.712. The van der Waals surface area contributed by atoms with Crippen LogP contribution in [-0.4, -0.2) is 44.8 Å². The lowest BCUT2D eigenvalue weighted by Gasteiger charge is -2.33. The molecule has 5 rings (SSSR count). The zero-order valence-corrected chi connectivity index (χ0v) is 18.1. The van der Waals surface area contributed by atoms with Crippen molar-refractivity contribution < 1.29 is 9.84 Å². The van der Waals surface area contributed by atoms with Gasteiger partial charge in [-0.3, -0.25) is 14.3 Å². The second-order valence-electron chi connectivity index (χ2n) is 8.11. The van der Waals surface area contributed by atoms with Gasteiger partial charge < -0.3 is 14.8 Å². The molecule has 0 saturated heterocycles. The maximum absolute atomic E-state index is 13.7. The molecule has 0 bridgehead atoms. The number of methoxy groups -OCH3 is 1. The number of hydrogen-bond acceptors (Lipinski definition) is 5. The number of H-pyrrole nitrogens is 1. The molecule has 0 spiro atoms. The topological polar surface area (TPSA) is 92.5 Å². The van der Waals surface area contributed by atoms with Crippen LogP contribution < -0.4 is 16.0 Å². The molecule has 0 aliphatic carbocycles. The number of para-hydroxylation sites is 1. The molecule has 2 N–H and O–H groups in total. The number of rotatable bonds is 3. The standard InChI is InChI=1S/C24H24N4O4/c1-26-13-12-17-16-6-4-5-7-18(16)25-20(17)21(26)19-22(29)27(2)24(31)28(23(19)30)14-8-10-15(32-3)11-9-14/h4-11,21,25,29H,12-13H2,1-3H3/t21-/m1/s1. The minimum Gasteiger partial charge on any atom is -0.497 e. The van der Waals surface area contributed by atoms with Crippen molar-refractivity contribution in [3.63, 3.8) is 0 Å². The molecular weight excluding hydrogens is 408 g/mol. The Morgan fingerprint density at radius 1 is 1.06 bits per heavy atom. The van der Waals surface area contributed by atoms with E-state index < -0.39 is 17.3 Å². The molecule has 0 amide bonds. The molecular formula is C24H24N4O4. The molecule has 8 nitrogen and oxygen atoms in total. The normalized spacial score (nSPS) is 16.3. The monoisotopic (exact) mass is 432 g/mol. The lowest BCUT2D eigenvalue weighted by molar-refractivity contribution is 0.250. The molecule has 3 heterocycles. The fraction of sp³-hybridized carbons (Fsp3) is 0.250. The first-order chi connectivity index (χ1) is 15.4. The van der Waals surface area contributed by atoms with E-state index in [-0.39, 0.29) is 11.4 Å². The van der Waals surface area contributed by atoms with Gasteiger partial charge in [0, 0.05) is 30.2 Å². The molecule has 0 radical (unpaired) electrons. The van der Waals surface area contributed by atoms with E-state index in [2.05, 4.69) is 11.1 Å². The van der Waals surface area contributed by atoms with Crippen molar-refractivity contribution in [1.29, 1.82) is 0 Å². The Bertz CT molecular complexity index is 1450. The first-order valence-electron chi connectivity index (χ1n) is 10.4. The maximum Gasteiger partial charge on any atom is 0.338 e. The first-order valence-corrected chi connectivity index (χ1v) is 10.4. The molecule has 1 aliphatic heterocycles. The molecule has 2 aromatic heterocycles. The minimum atomic E-state index is -0.614. The average molecular weight is 432 g/mol. The Morgan fingerprint density at radius 3 is 2.50 bits per heavy atom.